The Morgan fingerprint density at radius 1 is 1.29 bits per heavy atom. The van der Waals surface area contributed by atoms with Crippen molar-refractivity contribution in [3.63, 3.8) is 0 Å². The largest absolute Gasteiger partial charge is 0.304 e. The molecule has 14 heavy (non-hydrogen) atoms. The van der Waals surface area contributed by atoms with E-state index in [0.717, 1.165) is 0 Å². The lowest BCUT2D eigenvalue weighted by atomic mass is 9.97. The predicted octanol–water partition coefficient (Wildman–Crippen LogP) is 2.60. The molecule has 2 atom stereocenters. The first-order valence-corrected chi connectivity index (χ1v) is 4.78. The number of benzene rings is 1. The quantitative estimate of drug-likeness (QED) is 0.729. The zero-order chi connectivity index (χ0) is 10.2. The summed E-state index contributed by atoms with van der Waals surface area (Å²) in [4.78, 5) is 0. The molecule has 0 aliphatic carbocycles. The minimum atomic E-state index is -2.64. The van der Waals surface area contributed by atoms with Crippen LogP contribution in [0.15, 0.2) is 30.3 Å². The SMILES string of the molecule is C[C@H]1CN[C@@H](c2ccccc2)C1(F)F. The van der Waals surface area contributed by atoms with E-state index in [-0.39, 0.29) is 0 Å². The van der Waals surface area contributed by atoms with E-state index < -0.39 is 17.9 Å². The summed E-state index contributed by atoms with van der Waals surface area (Å²) in [5.74, 6) is -3.23. The summed E-state index contributed by atoms with van der Waals surface area (Å²) in [6.45, 7) is 1.96. The van der Waals surface area contributed by atoms with Crippen LogP contribution < -0.4 is 5.32 Å². The first-order chi connectivity index (χ1) is 6.62. The lowest BCUT2D eigenvalue weighted by molar-refractivity contribution is -0.0463. The lowest BCUT2D eigenvalue weighted by Gasteiger charge is -2.21. The summed E-state index contributed by atoms with van der Waals surface area (Å²) < 4.78 is 27.3. The number of halogens is 2. The van der Waals surface area contributed by atoms with Gasteiger partial charge in [-0.1, -0.05) is 37.3 Å². The fraction of sp³-hybridized carbons (Fsp3) is 0.455. The van der Waals surface area contributed by atoms with E-state index in [0.29, 0.717) is 12.1 Å². The monoisotopic (exact) mass is 197 g/mol. The molecule has 0 aromatic heterocycles. The highest BCUT2D eigenvalue weighted by atomic mass is 19.3. The zero-order valence-corrected chi connectivity index (χ0v) is 8.00. The molecular formula is C11H13F2N. The van der Waals surface area contributed by atoms with Crippen LogP contribution in [-0.4, -0.2) is 12.5 Å². The van der Waals surface area contributed by atoms with Crippen molar-refractivity contribution in [2.75, 3.05) is 6.54 Å². The molecule has 0 bridgehead atoms. The molecule has 0 radical (unpaired) electrons. The Hall–Kier alpha value is -0.960. The third-order valence-corrected chi connectivity index (χ3v) is 2.80. The molecule has 0 saturated carbocycles. The fourth-order valence-electron chi connectivity index (χ4n) is 1.84. The van der Waals surface area contributed by atoms with Crippen LogP contribution in [0.5, 0.6) is 0 Å². The third kappa shape index (κ3) is 1.42. The molecule has 1 fully saturated rings. The Labute approximate surface area is 82.1 Å². The molecule has 1 saturated heterocycles. The molecule has 1 heterocycles. The number of hydrogen-bond donors (Lipinski definition) is 1. The van der Waals surface area contributed by atoms with E-state index in [1.807, 2.05) is 6.07 Å². The molecule has 3 heteroatoms. The summed E-state index contributed by atoms with van der Waals surface area (Å²) in [6.07, 6.45) is 0. The van der Waals surface area contributed by atoms with Crippen molar-refractivity contribution in [3.8, 4) is 0 Å². The van der Waals surface area contributed by atoms with Gasteiger partial charge in [0.25, 0.3) is 5.92 Å². The second-order valence-corrected chi connectivity index (χ2v) is 3.83. The van der Waals surface area contributed by atoms with Crippen molar-refractivity contribution >= 4 is 0 Å². The average molecular weight is 197 g/mol. The Morgan fingerprint density at radius 3 is 2.43 bits per heavy atom. The minimum Gasteiger partial charge on any atom is -0.304 e. The summed E-state index contributed by atoms with van der Waals surface area (Å²) in [5.41, 5.74) is 0.668. The van der Waals surface area contributed by atoms with Gasteiger partial charge in [0.15, 0.2) is 0 Å². The summed E-state index contributed by atoms with van der Waals surface area (Å²) in [5, 5.41) is 2.86. The maximum atomic E-state index is 13.6. The normalized spacial score (nSPS) is 30.5. The maximum absolute atomic E-state index is 13.6. The zero-order valence-electron chi connectivity index (χ0n) is 8.00. The molecule has 1 N–H and O–H groups in total. The number of hydrogen-bond acceptors (Lipinski definition) is 1. The Morgan fingerprint density at radius 2 is 1.93 bits per heavy atom. The molecule has 2 rings (SSSR count). The van der Waals surface area contributed by atoms with Gasteiger partial charge in [0, 0.05) is 12.5 Å². The highest BCUT2D eigenvalue weighted by Gasteiger charge is 2.50. The summed E-state index contributed by atoms with van der Waals surface area (Å²) in [6, 6.07) is 8.07. The van der Waals surface area contributed by atoms with E-state index in [1.54, 1.807) is 31.2 Å². The van der Waals surface area contributed by atoms with Gasteiger partial charge in [-0.25, -0.2) is 8.78 Å². The van der Waals surface area contributed by atoms with Gasteiger partial charge in [0.2, 0.25) is 0 Å². The number of nitrogens with one attached hydrogen (secondary N) is 1. The van der Waals surface area contributed by atoms with Crippen LogP contribution >= 0.6 is 0 Å². The molecule has 1 aliphatic heterocycles. The molecule has 76 valence electrons. The lowest BCUT2D eigenvalue weighted by Crippen LogP contribution is -2.29. The molecule has 0 amide bonds. The molecule has 1 nitrogen and oxygen atoms in total. The Bertz CT molecular complexity index is 310. The van der Waals surface area contributed by atoms with Crippen LogP contribution in [-0.2, 0) is 0 Å². The second kappa shape index (κ2) is 3.31. The van der Waals surface area contributed by atoms with Crippen molar-refractivity contribution < 1.29 is 8.78 Å². The van der Waals surface area contributed by atoms with Crippen molar-refractivity contribution in [1.82, 2.24) is 5.32 Å². The van der Waals surface area contributed by atoms with Gasteiger partial charge in [-0.15, -0.1) is 0 Å². The fourth-order valence-corrected chi connectivity index (χ4v) is 1.84. The molecule has 1 aromatic rings. The van der Waals surface area contributed by atoms with Crippen molar-refractivity contribution in [1.29, 1.82) is 0 Å². The number of alkyl halides is 2. The third-order valence-electron chi connectivity index (χ3n) is 2.80. The van der Waals surface area contributed by atoms with E-state index in [4.69, 9.17) is 0 Å². The highest BCUT2D eigenvalue weighted by molar-refractivity contribution is 5.23. The van der Waals surface area contributed by atoms with Crippen molar-refractivity contribution in [3.05, 3.63) is 35.9 Å². The van der Waals surface area contributed by atoms with Crippen LogP contribution in [0.4, 0.5) is 8.78 Å². The molecule has 1 aromatic carbocycles. The van der Waals surface area contributed by atoms with Gasteiger partial charge in [-0.3, -0.25) is 0 Å². The van der Waals surface area contributed by atoms with Crippen molar-refractivity contribution in [2.24, 2.45) is 5.92 Å². The predicted molar refractivity (Wildman–Crippen MR) is 51.3 cm³/mol. The maximum Gasteiger partial charge on any atom is 0.270 e. The molecule has 1 aliphatic rings. The van der Waals surface area contributed by atoms with Crippen LogP contribution in [0.25, 0.3) is 0 Å². The number of rotatable bonds is 1. The van der Waals surface area contributed by atoms with Crippen LogP contribution in [0.3, 0.4) is 0 Å². The second-order valence-electron chi connectivity index (χ2n) is 3.83. The topological polar surface area (TPSA) is 12.0 Å². The van der Waals surface area contributed by atoms with Gasteiger partial charge >= 0.3 is 0 Å². The van der Waals surface area contributed by atoms with E-state index in [9.17, 15) is 8.78 Å². The molecular weight excluding hydrogens is 184 g/mol. The summed E-state index contributed by atoms with van der Waals surface area (Å²) >= 11 is 0. The first-order valence-electron chi connectivity index (χ1n) is 4.78. The standard InChI is InChI=1S/C11H13F2N/c1-8-7-14-10(11(8,12)13)9-5-3-2-4-6-9/h2-6,8,10,14H,7H2,1H3/t8-,10-/m0/s1. The average Bonchev–Trinajstić information content (AvgIpc) is 2.44. The van der Waals surface area contributed by atoms with Gasteiger partial charge in [0.05, 0.1) is 6.04 Å². The smallest absolute Gasteiger partial charge is 0.270 e. The van der Waals surface area contributed by atoms with E-state index in [2.05, 4.69) is 5.32 Å². The molecule has 0 unspecified atom stereocenters. The van der Waals surface area contributed by atoms with Gasteiger partial charge in [0.1, 0.15) is 0 Å². The van der Waals surface area contributed by atoms with Gasteiger partial charge < -0.3 is 5.32 Å². The summed E-state index contributed by atoms with van der Waals surface area (Å²) in [7, 11) is 0. The van der Waals surface area contributed by atoms with E-state index in [1.165, 1.54) is 0 Å². The Balaban J connectivity index is 2.29. The van der Waals surface area contributed by atoms with Crippen LogP contribution in [0.2, 0.25) is 0 Å². The van der Waals surface area contributed by atoms with Gasteiger partial charge in [-0.05, 0) is 5.56 Å². The van der Waals surface area contributed by atoms with E-state index >= 15 is 0 Å². The highest BCUT2D eigenvalue weighted by Crippen LogP contribution is 2.41. The molecule has 0 spiro atoms. The van der Waals surface area contributed by atoms with Crippen LogP contribution in [0, 0.1) is 5.92 Å². The van der Waals surface area contributed by atoms with Crippen LogP contribution in [0.1, 0.15) is 18.5 Å². The Kier molecular flexibility index (Phi) is 2.27. The van der Waals surface area contributed by atoms with Gasteiger partial charge in [-0.2, -0.15) is 0 Å². The van der Waals surface area contributed by atoms with Crippen molar-refractivity contribution in [2.45, 2.75) is 18.9 Å². The minimum absolute atomic E-state index is 0.382. The first kappa shape index (κ1) is 9.59.